The van der Waals surface area contributed by atoms with Crippen molar-refractivity contribution in [2.75, 3.05) is 32.2 Å². The molecule has 1 aromatic carbocycles. The van der Waals surface area contributed by atoms with Gasteiger partial charge in [0.25, 0.3) is 0 Å². The zero-order valence-corrected chi connectivity index (χ0v) is 12.7. The molecule has 5 nitrogen and oxygen atoms in total. The Kier molecular flexibility index (Phi) is 6.02. The topological polar surface area (TPSA) is 59.6 Å². The highest BCUT2D eigenvalue weighted by Gasteiger charge is 2.20. The molecule has 1 aliphatic heterocycles. The lowest BCUT2D eigenvalue weighted by Gasteiger charge is -2.28. The maximum Gasteiger partial charge on any atom is 0.238 e. The Morgan fingerprint density at radius 1 is 1.38 bits per heavy atom. The molecule has 0 aliphatic carbocycles. The van der Waals surface area contributed by atoms with Crippen molar-refractivity contribution < 1.29 is 14.3 Å². The van der Waals surface area contributed by atoms with Gasteiger partial charge >= 0.3 is 0 Å². The van der Waals surface area contributed by atoms with Crippen LogP contribution in [-0.4, -0.2) is 38.8 Å². The fourth-order valence-corrected chi connectivity index (χ4v) is 2.58. The quantitative estimate of drug-likeness (QED) is 0.842. The largest absolute Gasteiger partial charge is 0.495 e. The first-order valence-electron chi connectivity index (χ1n) is 7.44. The van der Waals surface area contributed by atoms with Gasteiger partial charge < -0.3 is 20.1 Å². The average Bonchev–Trinajstić information content (AvgIpc) is 2.54. The van der Waals surface area contributed by atoms with Crippen molar-refractivity contribution in [3.05, 3.63) is 24.3 Å². The van der Waals surface area contributed by atoms with Crippen LogP contribution in [0.25, 0.3) is 0 Å². The number of amides is 1. The van der Waals surface area contributed by atoms with E-state index in [-0.39, 0.29) is 5.91 Å². The predicted molar refractivity (Wildman–Crippen MR) is 82.6 cm³/mol. The van der Waals surface area contributed by atoms with Gasteiger partial charge in [-0.1, -0.05) is 12.1 Å². The molecule has 1 heterocycles. The fraction of sp³-hybridized carbons (Fsp3) is 0.562. The maximum atomic E-state index is 12.0. The van der Waals surface area contributed by atoms with E-state index in [1.807, 2.05) is 24.3 Å². The van der Waals surface area contributed by atoms with Crippen LogP contribution >= 0.6 is 0 Å². The van der Waals surface area contributed by atoms with Crippen LogP contribution in [0.3, 0.4) is 0 Å². The fourth-order valence-electron chi connectivity index (χ4n) is 2.58. The van der Waals surface area contributed by atoms with Gasteiger partial charge in [0.1, 0.15) is 5.75 Å². The molecule has 116 valence electrons. The number of hydrogen-bond acceptors (Lipinski definition) is 4. The van der Waals surface area contributed by atoms with E-state index in [4.69, 9.17) is 9.47 Å². The molecular weight excluding hydrogens is 268 g/mol. The molecule has 0 saturated carbocycles. The highest BCUT2D eigenvalue weighted by atomic mass is 16.5. The second-order valence-electron chi connectivity index (χ2n) is 5.37. The number of rotatable bonds is 6. The number of methoxy groups -OCH3 is 1. The highest BCUT2D eigenvalue weighted by molar-refractivity contribution is 5.93. The summed E-state index contributed by atoms with van der Waals surface area (Å²) in [6, 6.07) is 7.72. The first-order valence-corrected chi connectivity index (χ1v) is 7.44. The Morgan fingerprint density at radius 2 is 2.10 bits per heavy atom. The van der Waals surface area contributed by atoms with E-state index in [0.29, 0.717) is 29.9 Å². The van der Waals surface area contributed by atoms with Gasteiger partial charge in [0.2, 0.25) is 5.91 Å². The summed E-state index contributed by atoms with van der Waals surface area (Å²) in [5.74, 6) is 1.19. The van der Waals surface area contributed by atoms with E-state index in [1.54, 1.807) is 7.11 Å². The van der Waals surface area contributed by atoms with Crippen LogP contribution in [-0.2, 0) is 9.53 Å². The summed E-state index contributed by atoms with van der Waals surface area (Å²) in [6.45, 7) is 4.08. The molecule has 0 spiro atoms. The monoisotopic (exact) mass is 292 g/mol. The van der Waals surface area contributed by atoms with Crippen LogP contribution in [0.15, 0.2) is 24.3 Å². The van der Waals surface area contributed by atoms with E-state index in [2.05, 4.69) is 17.6 Å². The molecule has 1 amide bonds. The number of nitrogens with one attached hydrogen (secondary N) is 2. The van der Waals surface area contributed by atoms with Crippen LogP contribution in [0, 0.1) is 5.92 Å². The van der Waals surface area contributed by atoms with Crippen molar-refractivity contribution >= 4 is 11.6 Å². The Hall–Kier alpha value is -1.59. The minimum absolute atomic E-state index is 0.0570. The first-order chi connectivity index (χ1) is 10.2. The van der Waals surface area contributed by atoms with Crippen molar-refractivity contribution in [3.8, 4) is 5.75 Å². The van der Waals surface area contributed by atoms with Gasteiger partial charge in [-0.05, 0) is 37.8 Å². The summed E-state index contributed by atoms with van der Waals surface area (Å²) in [4.78, 5) is 12.0. The summed E-state index contributed by atoms with van der Waals surface area (Å²) >= 11 is 0. The lowest BCUT2D eigenvalue weighted by atomic mass is 9.93. The number of benzene rings is 1. The lowest BCUT2D eigenvalue weighted by Crippen LogP contribution is -2.40. The number of para-hydroxylation sites is 2. The molecule has 1 aromatic rings. The summed E-state index contributed by atoms with van der Waals surface area (Å²) < 4.78 is 10.6. The molecule has 0 bridgehead atoms. The predicted octanol–water partition coefficient (Wildman–Crippen LogP) is 2.04. The van der Waals surface area contributed by atoms with Gasteiger partial charge in [-0.25, -0.2) is 0 Å². The average molecular weight is 292 g/mol. The zero-order chi connectivity index (χ0) is 15.1. The second kappa shape index (κ2) is 8.00. The van der Waals surface area contributed by atoms with Gasteiger partial charge in [0.15, 0.2) is 0 Å². The van der Waals surface area contributed by atoms with Gasteiger partial charge in [0, 0.05) is 19.3 Å². The number of anilines is 1. The third-order valence-electron chi connectivity index (χ3n) is 3.94. The van der Waals surface area contributed by atoms with E-state index in [1.165, 1.54) is 0 Å². The van der Waals surface area contributed by atoms with E-state index >= 15 is 0 Å². The minimum Gasteiger partial charge on any atom is -0.495 e. The number of carbonyl (C=O) groups is 1. The summed E-state index contributed by atoms with van der Waals surface area (Å²) in [5, 5.41) is 6.17. The Labute approximate surface area is 126 Å². The van der Waals surface area contributed by atoms with Crippen LogP contribution in [0.2, 0.25) is 0 Å². The first kappa shape index (κ1) is 15.8. The molecule has 21 heavy (non-hydrogen) atoms. The molecule has 0 aromatic heterocycles. The Balaban J connectivity index is 1.79. The van der Waals surface area contributed by atoms with Crippen molar-refractivity contribution in [2.24, 2.45) is 5.92 Å². The van der Waals surface area contributed by atoms with Crippen LogP contribution in [0.4, 0.5) is 5.69 Å². The van der Waals surface area contributed by atoms with Gasteiger partial charge in [0.05, 0.1) is 19.3 Å². The number of ether oxygens (including phenoxy) is 2. The molecule has 2 N–H and O–H groups in total. The molecule has 1 unspecified atom stereocenters. The Morgan fingerprint density at radius 3 is 2.81 bits per heavy atom. The summed E-state index contributed by atoms with van der Waals surface area (Å²) in [6.07, 6.45) is 2.12. The molecule has 1 saturated heterocycles. The SMILES string of the molecule is COc1ccccc1NC(=O)CNC(C)C1CCOCC1. The molecule has 5 heteroatoms. The number of carbonyl (C=O) groups excluding carboxylic acids is 1. The molecule has 1 aliphatic rings. The standard InChI is InChI=1S/C16H24N2O3/c1-12(13-7-9-21-10-8-13)17-11-16(19)18-14-5-3-4-6-15(14)20-2/h3-6,12-13,17H,7-11H2,1-2H3,(H,18,19). The molecule has 1 atom stereocenters. The van der Waals surface area contributed by atoms with Gasteiger partial charge in [-0.3, -0.25) is 4.79 Å². The van der Waals surface area contributed by atoms with Gasteiger partial charge in [-0.2, -0.15) is 0 Å². The van der Waals surface area contributed by atoms with Gasteiger partial charge in [-0.15, -0.1) is 0 Å². The van der Waals surface area contributed by atoms with Crippen LogP contribution in [0.5, 0.6) is 5.75 Å². The summed E-state index contributed by atoms with van der Waals surface area (Å²) in [7, 11) is 1.59. The third kappa shape index (κ3) is 4.72. The highest BCUT2D eigenvalue weighted by Crippen LogP contribution is 2.23. The lowest BCUT2D eigenvalue weighted by molar-refractivity contribution is -0.115. The molecule has 2 rings (SSSR count). The van der Waals surface area contributed by atoms with Crippen molar-refractivity contribution in [1.29, 1.82) is 0 Å². The van der Waals surface area contributed by atoms with E-state index in [9.17, 15) is 4.79 Å². The molecular formula is C16H24N2O3. The molecule has 0 radical (unpaired) electrons. The van der Waals surface area contributed by atoms with Crippen molar-refractivity contribution in [3.63, 3.8) is 0 Å². The van der Waals surface area contributed by atoms with E-state index < -0.39 is 0 Å². The van der Waals surface area contributed by atoms with Crippen LogP contribution in [0.1, 0.15) is 19.8 Å². The summed E-state index contributed by atoms with van der Waals surface area (Å²) in [5.41, 5.74) is 0.700. The minimum atomic E-state index is -0.0570. The maximum absolute atomic E-state index is 12.0. The Bertz CT molecular complexity index is 459. The third-order valence-corrected chi connectivity index (χ3v) is 3.94. The van der Waals surface area contributed by atoms with Crippen molar-refractivity contribution in [2.45, 2.75) is 25.8 Å². The molecule has 1 fully saturated rings. The smallest absolute Gasteiger partial charge is 0.238 e. The van der Waals surface area contributed by atoms with Crippen molar-refractivity contribution in [1.82, 2.24) is 5.32 Å². The normalized spacial score (nSPS) is 17.2. The second-order valence-corrected chi connectivity index (χ2v) is 5.37. The van der Waals surface area contributed by atoms with E-state index in [0.717, 1.165) is 26.1 Å². The zero-order valence-electron chi connectivity index (χ0n) is 12.7. The van der Waals surface area contributed by atoms with Crippen LogP contribution < -0.4 is 15.4 Å². The number of hydrogen-bond donors (Lipinski definition) is 2.